The molecule has 2 amide bonds. The lowest BCUT2D eigenvalue weighted by atomic mass is 10.0. The molecule has 0 radical (unpaired) electrons. The van der Waals surface area contributed by atoms with Crippen molar-refractivity contribution in [3.63, 3.8) is 0 Å². The first kappa shape index (κ1) is 25.6. The fraction of sp³-hybridized carbons (Fsp3) is 0.478. The van der Waals surface area contributed by atoms with Crippen LogP contribution >= 0.6 is 11.3 Å². The molecule has 11 heteroatoms. The molecular weight excluding hydrogens is 460 g/mol. The Morgan fingerprint density at radius 3 is 2.76 bits per heavy atom. The molecule has 0 unspecified atom stereocenters. The summed E-state index contributed by atoms with van der Waals surface area (Å²) in [6, 6.07) is 4.87. The summed E-state index contributed by atoms with van der Waals surface area (Å²) in [5.41, 5.74) is 1.43. The molecule has 2 N–H and O–H groups in total. The molecule has 0 aliphatic carbocycles. The van der Waals surface area contributed by atoms with E-state index in [0.717, 1.165) is 24.6 Å². The third-order valence-electron chi connectivity index (χ3n) is 5.30. The van der Waals surface area contributed by atoms with E-state index in [9.17, 15) is 14.4 Å². The lowest BCUT2D eigenvalue weighted by Crippen LogP contribution is -2.28. The highest BCUT2D eigenvalue weighted by atomic mass is 32.1. The number of carbonyl (C=O) groups excluding carboxylic acids is 3. The van der Waals surface area contributed by atoms with Crippen molar-refractivity contribution in [3.8, 4) is 0 Å². The molecule has 1 saturated heterocycles. The van der Waals surface area contributed by atoms with Gasteiger partial charge in [-0.25, -0.2) is 4.98 Å². The second-order valence-electron chi connectivity index (χ2n) is 7.67. The number of amides is 2. The van der Waals surface area contributed by atoms with Crippen molar-refractivity contribution in [1.29, 1.82) is 0 Å². The molecule has 1 aliphatic rings. The molecule has 184 valence electrons. The van der Waals surface area contributed by atoms with E-state index in [4.69, 9.17) is 14.2 Å². The molecule has 1 aromatic heterocycles. The number of carbonyl (C=O) groups is 3. The number of hydrogen-bond donors (Lipinski definition) is 2. The Bertz CT molecular complexity index is 1010. The smallest absolute Gasteiger partial charge is 0.310 e. The van der Waals surface area contributed by atoms with Gasteiger partial charge in [-0.15, -0.1) is 11.3 Å². The highest BCUT2D eigenvalue weighted by Gasteiger charge is 2.25. The lowest BCUT2D eigenvalue weighted by molar-refractivity contribution is -0.142. The summed E-state index contributed by atoms with van der Waals surface area (Å²) in [5.74, 6) is -1.20. The summed E-state index contributed by atoms with van der Waals surface area (Å²) in [6.45, 7) is 4.21. The van der Waals surface area contributed by atoms with Crippen LogP contribution in [0.25, 0.3) is 0 Å². The van der Waals surface area contributed by atoms with Crippen molar-refractivity contribution in [3.05, 3.63) is 40.4 Å². The van der Waals surface area contributed by atoms with E-state index < -0.39 is 11.9 Å². The van der Waals surface area contributed by atoms with E-state index in [1.165, 1.54) is 18.4 Å². The van der Waals surface area contributed by atoms with E-state index in [2.05, 4.69) is 20.5 Å². The van der Waals surface area contributed by atoms with Gasteiger partial charge in [-0.05, 0) is 31.0 Å². The minimum absolute atomic E-state index is 0.0220. The van der Waals surface area contributed by atoms with Gasteiger partial charge in [0.25, 0.3) is 11.8 Å². The number of methoxy groups -OCH3 is 2. The lowest BCUT2D eigenvalue weighted by Gasteiger charge is -2.14. The number of thiazole rings is 1. The predicted octanol–water partition coefficient (Wildman–Crippen LogP) is 2.10. The highest BCUT2D eigenvalue weighted by molar-refractivity contribution is 7.14. The van der Waals surface area contributed by atoms with Gasteiger partial charge in [-0.2, -0.15) is 0 Å². The summed E-state index contributed by atoms with van der Waals surface area (Å²) in [4.78, 5) is 44.1. The zero-order valence-corrected chi connectivity index (χ0v) is 20.4. The van der Waals surface area contributed by atoms with Gasteiger partial charge in [0.15, 0.2) is 5.13 Å². The number of aromatic nitrogens is 1. The number of rotatable bonds is 11. The Morgan fingerprint density at radius 1 is 1.24 bits per heavy atom. The van der Waals surface area contributed by atoms with Crippen LogP contribution in [0.1, 0.15) is 39.8 Å². The van der Waals surface area contributed by atoms with E-state index in [1.54, 1.807) is 37.6 Å². The maximum atomic E-state index is 12.9. The van der Waals surface area contributed by atoms with Gasteiger partial charge in [0, 0.05) is 39.2 Å². The second-order valence-corrected chi connectivity index (χ2v) is 8.51. The zero-order chi connectivity index (χ0) is 24.5. The van der Waals surface area contributed by atoms with Crippen LogP contribution in [0.15, 0.2) is 23.6 Å². The van der Waals surface area contributed by atoms with Crippen LogP contribution in [0.4, 0.5) is 10.8 Å². The van der Waals surface area contributed by atoms with E-state index >= 15 is 0 Å². The van der Waals surface area contributed by atoms with Crippen LogP contribution in [-0.4, -0.2) is 75.9 Å². The predicted molar refractivity (Wildman–Crippen MR) is 129 cm³/mol. The number of anilines is 2. The van der Waals surface area contributed by atoms with Crippen LogP contribution in [0.3, 0.4) is 0 Å². The van der Waals surface area contributed by atoms with Crippen LogP contribution in [0, 0.1) is 0 Å². The molecule has 3 rings (SSSR count). The fourth-order valence-corrected chi connectivity index (χ4v) is 4.38. The van der Waals surface area contributed by atoms with Gasteiger partial charge in [-0.3, -0.25) is 14.4 Å². The maximum Gasteiger partial charge on any atom is 0.310 e. The topological polar surface area (TPSA) is 119 Å². The first-order valence-corrected chi connectivity index (χ1v) is 11.9. The van der Waals surface area contributed by atoms with Gasteiger partial charge in [-0.1, -0.05) is 6.07 Å². The van der Waals surface area contributed by atoms with Crippen molar-refractivity contribution >= 4 is 39.9 Å². The van der Waals surface area contributed by atoms with Crippen molar-refractivity contribution in [2.24, 2.45) is 0 Å². The molecule has 1 aliphatic heterocycles. The number of hydrogen-bond acceptors (Lipinski definition) is 9. The standard InChI is InChI=1S/C23H30N4O6S/c1-4-33-20(28)12-15-5-6-18(17(11-15)21(29)24-8-10-31-2)25-22(30)19-14-34-23(26-19)27-9-7-16(13-27)32-3/h5-6,11,14,16H,4,7-10,12-13H2,1-3H3,(H,24,29)(H,25,30)/t16-/m0/s1. The molecule has 1 atom stereocenters. The van der Waals surface area contributed by atoms with Crippen molar-refractivity contribution in [2.45, 2.75) is 25.9 Å². The Balaban J connectivity index is 1.75. The number of nitrogens with one attached hydrogen (secondary N) is 2. The third kappa shape index (κ3) is 6.75. The second kappa shape index (κ2) is 12.4. The quantitative estimate of drug-likeness (QED) is 0.363. The maximum absolute atomic E-state index is 12.9. The molecule has 2 aromatic rings. The van der Waals surface area contributed by atoms with E-state index in [1.807, 2.05) is 0 Å². The minimum Gasteiger partial charge on any atom is -0.466 e. The normalized spacial score (nSPS) is 15.3. The Labute approximate surface area is 202 Å². The number of esters is 1. The Morgan fingerprint density at radius 2 is 2.06 bits per heavy atom. The molecule has 0 saturated carbocycles. The third-order valence-corrected chi connectivity index (χ3v) is 6.20. The minimum atomic E-state index is -0.422. The highest BCUT2D eigenvalue weighted by Crippen LogP contribution is 2.26. The van der Waals surface area contributed by atoms with Crippen LogP contribution < -0.4 is 15.5 Å². The van der Waals surface area contributed by atoms with Crippen LogP contribution in [0.2, 0.25) is 0 Å². The molecular formula is C23H30N4O6S. The van der Waals surface area contributed by atoms with E-state index in [-0.39, 0.29) is 36.3 Å². The SMILES string of the molecule is CCOC(=O)Cc1ccc(NC(=O)c2csc(N3CC[C@H](OC)C3)n2)c(C(=O)NCCOC)c1. The number of benzene rings is 1. The average Bonchev–Trinajstić information content (AvgIpc) is 3.50. The van der Waals surface area contributed by atoms with Crippen molar-refractivity contribution < 1.29 is 28.6 Å². The van der Waals surface area contributed by atoms with Gasteiger partial charge in [0.1, 0.15) is 5.69 Å². The summed E-state index contributed by atoms with van der Waals surface area (Å²) < 4.78 is 15.4. The van der Waals surface area contributed by atoms with E-state index in [0.29, 0.717) is 24.4 Å². The first-order chi connectivity index (χ1) is 16.4. The van der Waals surface area contributed by atoms with Gasteiger partial charge >= 0.3 is 5.97 Å². The van der Waals surface area contributed by atoms with Crippen LogP contribution in [-0.2, 0) is 25.4 Å². The molecule has 0 bridgehead atoms. The molecule has 10 nitrogen and oxygen atoms in total. The largest absolute Gasteiger partial charge is 0.466 e. The number of ether oxygens (including phenoxy) is 3. The monoisotopic (exact) mass is 490 g/mol. The molecule has 1 aromatic carbocycles. The molecule has 0 spiro atoms. The Hall–Kier alpha value is -3.02. The van der Waals surface area contributed by atoms with Gasteiger partial charge < -0.3 is 29.7 Å². The zero-order valence-electron chi connectivity index (χ0n) is 19.6. The van der Waals surface area contributed by atoms with Crippen molar-refractivity contribution in [2.75, 3.05) is 57.3 Å². The first-order valence-electron chi connectivity index (χ1n) is 11.1. The average molecular weight is 491 g/mol. The molecule has 34 heavy (non-hydrogen) atoms. The summed E-state index contributed by atoms with van der Waals surface area (Å²) in [6.07, 6.45) is 1.10. The summed E-state index contributed by atoms with van der Waals surface area (Å²) in [7, 11) is 3.23. The number of nitrogens with zero attached hydrogens (tertiary/aromatic N) is 2. The van der Waals surface area contributed by atoms with Crippen molar-refractivity contribution in [1.82, 2.24) is 10.3 Å². The molecule has 2 heterocycles. The summed E-state index contributed by atoms with van der Waals surface area (Å²) in [5, 5.41) is 7.98. The Kier molecular flexibility index (Phi) is 9.37. The van der Waals surface area contributed by atoms with Crippen LogP contribution in [0.5, 0.6) is 0 Å². The fourth-order valence-electron chi connectivity index (χ4n) is 3.53. The van der Waals surface area contributed by atoms with Gasteiger partial charge in [0.2, 0.25) is 0 Å². The van der Waals surface area contributed by atoms with Gasteiger partial charge in [0.05, 0.1) is 37.0 Å². The molecule has 1 fully saturated rings. The summed E-state index contributed by atoms with van der Waals surface area (Å²) >= 11 is 1.39.